The van der Waals surface area contributed by atoms with E-state index in [1.54, 1.807) is 6.92 Å². The van der Waals surface area contributed by atoms with Crippen molar-refractivity contribution in [1.29, 1.82) is 10.5 Å². The fourth-order valence-electron chi connectivity index (χ4n) is 3.24. The maximum Gasteiger partial charge on any atom is 0.331 e. The molecular formula is C16H17N5O3. The molecule has 24 heavy (non-hydrogen) atoms. The van der Waals surface area contributed by atoms with E-state index >= 15 is 0 Å². The van der Waals surface area contributed by atoms with E-state index in [-0.39, 0.29) is 11.5 Å². The van der Waals surface area contributed by atoms with Gasteiger partial charge in [0.05, 0.1) is 6.07 Å². The molecule has 0 unspecified atom stereocenters. The topological polar surface area (TPSA) is 121 Å². The summed E-state index contributed by atoms with van der Waals surface area (Å²) < 4.78 is 2.17. The lowest BCUT2D eigenvalue weighted by Gasteiger charge is -2.23. The van der Waals surface area contributed by atoms with Crippen LogP contribution in [0.5, 0.6) is 0 Å². The predicted molar refractivity (Wildman–Crippen MR) is 82.9 cm³/mol. The van der Waals surface area contributed by atoms with Crippen molar-refractivity contribution in [3.8, 4) is 12.1 Å². The Bertz CT molecular complexity index is 910. The van der Waals surface area contributed by atoms with Crippen LogP contribution in [-0.2, 0) is 24.3 Å². The van der Waals surface area contributed by atoms with Crippen molar-refractivity contribution in [3.63, 3.8) is 0 Å². The highest BCUT2D eigenvalue weighted by molar-refractivity contribution is 5.77. The lowest BCUT2D eigenvalue weighted by molar-refractivity contribution is -0.123. The van der Waals surface area contributed by atoms with Gasteiger partial charge in [-0.25, -0.2) is 9.36 Å². The summed E-state index contributed by atoms with van der Waals surface area (Å²) in [5.74, 6) is -0.480. The van der Waals surface area contributed by atoms with Crippen LogP contribution in [0.25, 0.3) is 0 Å². The fraction of sp³-hybridized carbons (Fsp3) is 0.562. The molecule has 2 heterocycles. The highest BCUT2D eigenvalue weighted by Gasteiger charge is 2.43. The van der Waals surface area contributed by atoms with E-state index in [2.05, 4.69) is 11.4 Å². The molecule has 8 heteroatoms. The van der Waals surface area contributed by atoms with Gasteiger partial charge in [0.2, 0.25) is 5.91 Å². The van der Waals surface area contributed by atoms with Crippen LogP contribution in [0.15, 0.2) is 9.59 Å². The Kier molecular flexibility index (Phi) is 3.76. The molecule has 0 bridgehead atoms. The number of aromatic nitrogens is 2. The number of carbonyl (C=O) groups is 1. The van der Waals surface area contributed by atoms with E-state index in [9.17, 15) is 24.9 Å². The van der Waals surface area contributed by atoms with Gasteiger partial charge in [-0.3, -0.25) is 14.2 Å². The first-order chi connectivity index (χ1) is 11.4. The van der Waals surface area contributed by atoms with Crippen molar-refractivity contribution in [2.75, 3.05) is 0 Å². The molecule has 1 N–H and O–H groups in total. The monoisotopic (exact) mass is 327 g/mol. The van der Waals surface area contributed by atoms with E-state index < -0.39 is 29.2 Å². The molecule has 1 saturated carbocycles. The zero-order valence-electron chi connectivity index (χ0n) is 13.3. The number of rotatable bonds is 4. The summed E-state index contributed by atoms with van der Waals surface area (Å²) in [6.45, 7) is 1.58. The molecule has 0 radical (unpaired) electrons. The molecule has 1 aromatic heterocycles. The summed E-state index contributed by atoms with van der Waals surface area (Å²) in [4.78, 5) is 37.1. The van der Waals surface area contributed by atoms with Crippen molar-refractivity contribution in [3.05, 3.63) is 32.1 Å². The van der Waals surface area contributed by atoms with Crippen LogP contribution in [0, 0.1) is 28.6 Å². The lowest BCUT2D eigenvalue weighted by atomic mass is 9.98. The smallest absolute Gasteiger partial charge is 0.331 e. The Morgan fingerprint density at radius 2 is 2.08 bits per heavy atom. The van der Waals surface area contributed by atoms with Gasteiger partial charge < -0.3 is 5.32 Å². The summed E-state index contributed by atoms with van der Waals surface area (Å²) in [5.41, 5.74) is -1.94. The van der Waals surface area contributed by atoms with Crippen LogP contribution >= 0.6 is 0 Å². The van der Waals surface area contributed by atoms with E-state index in [4.69, 9.17) is 0 Å². The number of nitrogens with one attached hydrogen (secondary N) is 1. The number of fused-ring (bicyclic) bond motifs is 1. The van der Waals surface area contributed by atoms with Crippen molar-refractivity contribution < 1.29 is 4.79 Å². The zero-order valence-corrected chi connectivity index (χ0v) is 13.3. The Balaban J connectivity index is 1.93. The second kappa shape index (κ2) is 5.64. The molecule has 1 atom stereocenters. The minimum atomic E-state index is -0.994. The lowest BCUT2D eigenvalue weighted by Crippen LogP contribution is -2.51. The van der Waals surface area contributed by atoms with Gasteiger partial charge in [-0.1, -0.05) is 0 Å². The van der Waals surface area contributed by atoms with Crippen LogP contribution in [0.4, 0.5) is 0 Å². The summed E-state index contributed by atoms with van der Waals surface area (Å²) in [5, 5.41) is 21.1. The normalized spacial score (nSPS) is 18.1. The maximum absolute atomic E-state index is 12.4. The molecule has 1 aromatic rings. The van der Waals surface area contributed by atoms with Gasteiger partial charge in [0.25, 0.3) is 5.56 Å². The maximum atomic E-state index is 12.4. The van der Waals surface area contributed by atoms with E-state index in [1.807, 2.05) is 6.07 Å². The van der Waals surface area contributed by atoms with Gasteiger partial charge in [0, 0.05) is 12.2 Å². The number of hydrogen-bond donors (Lipinski definition) is 1. The fourth-order valence-corrected chi connectivity index (χ4v) is 3.24. The second-order valence-corrected chi connectivity index (χ2v) is 6.50. The average molecular weight is 327 g/mol. The summed E-state index contributed by atoms with van der Waals surface area (Å²) in [6.07, 6.45) is 2.93. The van der Waals surface area contributed by atoms with Gasteiger partial charge in [0.15, 0.2) is 0 Å². The number of carbonyl (C=O) groups excluding carboxylic acids is 1. The first-order valence-corrected chi connectivity index (χ1v) is 7.90. The minimum Gasteiger partial charge on any atom is -0.336 e. The van der Waals surface area contributed by atoms with E-state index in [0.29, 0.717) is 25.1 Å². The van der Waals surface area contributed by atoms with E-state index in [0.717, 1.165) is 17.4 Å². The SMILES string of the molecule is C[C@@](C#N)(NC(=O)Cn1c(=O)c(C#N)c2n(c1=O)CCC2)C1CC1. The van der Waals surface area contributed by atoms with Crippen molar-refractivity contribution in [2.45, 2.75) is 51.2 Å². The first-order valence-electron chi connectivity index (χ1n) is 7.90. The van der Waals surface area contributed by atoms with Gasteiger partial charge in [0.1, 0.15) is 23.7 Å². The molecular weight excluding hydrogens is 310 g/mol. The highest BCUT2D eigenvalue weighted by Crippen LogP contribution is 2.39. The summed E-state index contributed by atoms with van der Waals surface area (Å²) in [7, 11) is 0. The Labute approximate surface area is 137 Å². The molecule has 0 saturated heterocycles. The van der Waals surface area contributed by atoms with Gasteiger partial charge in [-0.15, -0.1) is 0 Å². The van der Waals surface area contributed by atoms with Crippen LogP contribution in [0.3, 0.4) is 0 Å². The Hall–Kier alpha value is -2.87. The third-order valence-corrected chi connectivity index (χ3v) is 4.77. The Morgan fingerprint density at radius 3 is 2.67 bits per heavy atom. The molecule has 8 nitrogen and oxygen atoms in total. The van der Waals surface area contributed by atoms with Gasteiger partial charge in [-0.2, -0.15) is 10.5 Å². The number of nitriles is 2. The summed E-state index contributed by atoms with van der Waals surface area (Å²) >= 11 is 0. The molecule has 124 valence electrons. The standard InChI is InChI=1S/C16H17N5O3/c1-16(9-18,10-4-5-10)19-13(22)8-21-14(23)11(7-17)12-3-2-6-20(12)15(21)24/h10H,2-6,8H2,1H3,(H,19,22)/t16-/m0/s1. The van der Waals surface area contributed by atoms with Crippen LogP contribution in [0.1, 0.15) is 37.4 Å². The number of hydrogen-bond acceptors (Lipinski definition) is 5. The number of nitrogens with zero attached hydrogens (tertiary/aromatic N) is 4. The van der Waals surface area contributed by atoms with Gasteiger partial charge >= 0.3 is 5.69 Å². The third-order valence-electron chi connectivity index (χ3n) is 4.77. The molecule has 1 aliphatic heterocycles. The van der Waals surface area contributed by atoms with Crippen LogP contribution in [0.2, 0.25) is 0 Å². The van der Waals surface area contributed by atoms with Gasteiger partial charge in [-0.05, 0) is 38.5 Å². The predicted octanol–water partition coefficient (Wildman–Crippen LogP) is -0.364. The molecule has 2 aliphatic rings. The molecule has 1 aliphatic carbocycles. The quantitative estimate of drug-likeness (QED) is 0.809. The first kappa shape index (κ1) is 16.0. The van der Waals surface area contributed by atoms with Crippen LogP contribution in [-0.4, -0.2) is 20.6 Å². The second-order valence-electron chi connectivity index (χ2n) is 6.50. The molecule has 0 aromatic carbocycles. The molecule has 3 rings (SSSR count). The molecule has 0 spiro atoms. The van der Waals surface area contributed by atoms with Crippen molar-refractivity contribution in [2.24, 2.45) is 5.92 Å². The third kappa shape index (κ3) is 2.50. The molecule has 1 fully saturated rings. The van der Waals surface area contributed by atoms with Crippen LogP contribution < -0.4 is 16.6 Å². The van der Waals surface area contributed by atoms with Crippen molar-refractivity contribution >= 4 is 5.91 Å². The molecule has 1 amide bonds. The minimum absolute atomic E-state index is 0.0786. The Morgan fingerprint density at radius 1 is 1.38 bits per heavy atom. The van der Waals surface area contributed by atoms with E-state index in [1.165, 1.54) is 4.57 Å². The largest absolute Gasteiger partial charge is 0.336 e. The average Bonchev–Trinajstić information content (AvgIpc) is 3.31. The zero-order chi connectivity index (χ0) is 17.5. The highest BCUT2D eigenvalue weighted by atomic mass is 16.2. The number of amides is 1. The van der Waals surface area contributed by atoms with Crippen molar-refractivity contribution in [1.82, 2.24) is 14.5 Å². The summed E-state index contributed by atoms with van der Waals surface area (Å²) in [6, 6.07) is 3.94.